The Kier molecular flexibility index (Phi) is 4.20. The normalized spacial score (nSPS) is 10.5. The van der Waals surface area contributed by atoms with Crippen LogP contribution in [0.25, 0.3) is 11.0 Å². The van der Waals surface area contributed by atoms with Crippen molar-refractivity contribution in [2.45, 2.75) is 6.92 Å². The van der Waals surface area contributed by atoms with E-state index < -0.39 is 5.91 Å². The zero-order valence-corrected chi connectivity index (χ0v) is 13.0. The number of hydrogen-bond donors (Lipinski definition) is 1. The van der Waals surface area contributed by atoms with Crippen molar-refractivity contribution in [1.29, 1.82) is 0 Å². The van der Waals surface area contributed by atoms with Gasteiger partial charge in [-0.05, 0) is 24.3 Å². The Labute approximate surface area is 138 Å². The second kappa shape index (κ2) is 6.45. The van der Waals surface area contributed by atoms with E-state index in [2.05, 4.69) is 10.3 Å². The smallest absolute Gasteiger partial charge is 0.252 e. The van der Waals surface area contributed by atoms with Gasteiger partial charge in [0.05, 0.1) is 17.6 Å². The number of amides is 1. The topological polar surface area (TPSA) is 81.1 Å². The van der Waals surface area contributed by atoms with Crippen molar-refractivity contribution in [3.05, 3.63) is 66.0 Å². The van der Waals surface area contributed by atoms with Crippen molar-refractivity contribution in [2.75, 3.05) is 6.54 Å². The second-order valence-corrected chi connectivity index (χ2v) is 5.26. The fourth-order valence-electron chi connectivity index (χ4n) is 2.44. The molecule has 0 radical (unpaired) electrons. The maximum atomic E-state index is 12.5. The second-order valence-electron chi connectivity index (χ2n) is 5.26. The Hall–Kier alpha value is -3.28. The average Bonchev–Trinajstić information content (AvgIpc) is 3.00. The molecule has 1 heterocycles. The van der Waals surface area contributed by atoms with Crippen LogP contribution >= 0.6 is 0 Å². The molecule has 1 amide bonds. The molecule has 3 rings (SSSR count). The average molecular weight is 321 g/mol. The van der Waals surface area contributed by atoms with E-state index in [1.807, 2.05) is 0 Å². The molecule has 0 saturated heterocycles. The number of hydrogen-bond acceptors (Lipinski definition) is 4. The highest BCUT2D eigenvalue weighted by Crippen LogP contribution is 2.16. The third-order valence-electron chi connectivity index (χ3n) is 3.56. The van der Waals surface area contributed by atoms with Crippen molar-refractivity contribution >= 4 is 28.6 Å². The predicted molar refractivity (Wildman–Crippen MR) is 89.1 cm³/mol. The molecule has 3 aromatic rings. The van der Waals surface area contributed by atoms with Crippen LogP contribution in [0, 0.1) is 0 Å². The number of rotatable bonds is 4. The number of benzene rings is 2. The van der Waals surface area contributed by atoms with Crippen molar-refractivity contribution in [2.24, 2.45) is 0 Å². The molecule has 0 aliphatic heterocycles. The predicted octanol–water partition coefficient (Wildman–Crippen LogP) is 2.31. The summed E-state index contributed by atoms with van der Waals surface area (Å²) in [5.41, 5.74) is 1.57. The van der Waals surface area contributed by atoms with Gasteiger partial charge >= 0.3 is 0 Å². The first kappa shape index (κ1) is 15.6. The standard InChI is InChI=1S/C18H15N3O3/c1-12(22)17-20-14-9-5-6-10-15(14)21(17)16(23)11-19-18(24)13-7-3-2-4-8-13/h2-10H,11H2,1H3,(H,19,24). The molecule has 0 fully saturated rings. The van der Waals surface area contributed by atoms with Crippen LogP contribution in [-0.4, -0.2) is 33.7 Å². The van der Waals surface area contributed by atoms with Gasteiger partial charge in [-0.15, -0.1) is 0 Å². The minimum atomic E-state index is -0.418. The third-order valence-corrected chi connectivity index (χ3v) is 3.56. The maximum absolute atomic E-state index is 12.5. The van der Waals surface area contributed by atoms with E-state index in [0.29, 0.717) is 16.6 Å². The van der Waals surface area contributed by atoms with E-state index in [1.165, 1.54) is 11.5 Å². The van der Waals surface area contributed by atoms with Gasteiger partial charge in [-0.1, -0.05) is 30.3 Å². The summed E-state index contributed by atoms with van der Waals surface area (Å²) in [5.74, 6) is -1.01. The van der Waals surface area contributed by atoms with Gasteiger partial charge in [-0.3, -0.25) is 19.0 Å². The quantitative estimate of drug-likeness (QED) is 0.748. The highest BCUT2D eigenvalue weighted by atomic mass is 16.2. The van der Waals surface area contributed by atoms with E-state index >= 15 is 0 Å². The molecular formula is C18H15N3O3. The largest absolute Gasteiger partial charge is 0.343 e. The lowest BCUT2D eigenvalue weighted by Gasteiger charge is -2.08. The van der Waals surface area contributed by atoms with Gasteiger partial charge in [-0.25, -0.2) is 4.98 Å². The lowest BCUT2D eigenvalue weighted by Crippen LogP contribution is -2.33. The zero-order chi connectivity index (χ0) is 17.1. The van der Waals surface area contributed by atoms with Crippen molar-refractivity contribution < 1.29 is 14.4 Å². The first-order chi connectivity index (χ1) is 11.6. The number of carbonyl (C=O) groups excluding carboxylic acids is 3. The molecule has 6 heteroatoms. The summed E-state index contributed by atoms with van der Waals surface area (Å²) in [6.07, 6.45) is 0. The van der Waals surface area contributed by atoms with Crippen LogP contribution in [0.15, 0.2) is 54.6 Å². The number of aromatic nitrogens is 2. The van der Waals surface area contributed by atoms with Crippen LogP contribution in [0.4, 0.5) is 0 Å². The number of carbonyl (C=O) groups is 3. The van der Waals surface area contributed by atoms with Gasteiger partial charge in [0.1, 0.15) is 0 Å². The van der Waals surface area contributed by atoms with Gasteiger partial charge in [0, 0.05) is 12.5 Å². The Balaban J connectivity index is 1.85. The van der Waals surface area contributed by atoms with Crippen molar-refractivity contribution in [3.63, 3.8) is 0 Å². The summed E-state index contributed by atoms with van der Waals surface area (Å²) >= 11 is 0. The molecule has 0 saturated carbocycles. The molecule has 0 atom stereocenters. The van der Waals surface area contributed by atoms with E-state index in [0.717, 1.165) is 0 Å². The number of fused-ring (bicyclic) bond motifs is 1. The highest BCUT2D eigenvalue weighted by Gasteiger charge is 2.20. The summed E-state index contributed by atoms with van der Waals surface area (Å²) in [5, 5.41) is 2.57. The number of nitrogens with zero attached hydrogens (tertiary/aromatic N) is 2. The van der Waals surface area contributed by atoms with Gasteiger partial charge < -0.3 is 5.32 Å². The molecule has 0 aliphatic carbocycles. The van der Waals surface area contributed by atoms with Gasteiger partial charge in [0.25, 0.3) is 11.8 Å². The SMILES string of the molecule is CC(=O)c1nc2ccccc2n1C(=O)CNC(=O)c1ccccc1. The summed E-state index contributed by atoms with van der Waals surface area (Å²) < 4.78 is 1.25. The number of para-hydroxylation sites is 2. The van der Waals surface area contributed by atoms with E-state index in [4.69, 9.17) is 0 Å². The maximum Gasteiger partial charge on any atom is 0.252 e. The minimum Gasteiger partial charge on any atom is -0.343 e. The fourth-order valence-corrected chi connectivity index (χ4v) is 2.44. The molecule has 0 aliphatic rings. The summed E-state index contributed by atoms with van der Waals surface area (Å²) in [4.78, 5) is 40.6. The number of imidazole rings is 1. The first-order valence-corrected chi connectivity index (χ1v) is 7.43. The summed E-state index contributed by atoms with van der Waals surface area (Å²) in [7, 11) is 0. The van der Waals surface area contributed by atoms with Crippen LogP contribution in [0.3, 0.4) is 0 Å². The van der Waals surface area contributed by atoms with Gasteiger partial charge in [-0.2, -0.15) is 0 Å². The van der Waals surface area contributed by atoms with Crippen LogP contribution in [-0.2, 0) is 0 Å². The van der Waals surface area contributed by atoms with Crippen LogP contribution in [0.5, 0.6) is 0 Å². The minimum absolute atomic E-state index is 0.0650. The highest BCUT2D eigenvalue weighted by molar-refractivity contribution is 6.03. The molecule has 24 heavy (non-hydrogen) atoms. The Morgan fingerprint density at radius 3 is 2.38 bits per heavy atom. The van der Waals surface area contributed by atoms with Crippen LogP contribution in [0.1, 0.15) is 32.7 Å². The Bertz CT molecular complexity index is 929. The monoisotopic (exact) mass is 321 g/mol. The molecule has 2 aromatic carbocycles. The van der Waals surface area contributed by atoms with E-state index in [9.17, 15) is 14.4 Å². The molecule has 0 bridgehead atoms. The van der Waals surface area contributed by atoms with E-state index in [1.54, 1.807) is 54.6 Å². The molecule has 120 valence electrons. The third kappa shape index (κ3) is 2.94. The Morgan fingerprint density at radius 1 is 1.00 bits per heavy atom. The fraction of sp³-hybridized carbons (Fsp3) is 0.111. The summed E-state index contributed by atoms with van der Waals surface area (Å²) in [6.45, 7) is 1.13. The first-order valence-electron chi connectivity index (χ1n) is 7.43. The van der Waals surface area contributed by atoms with Gasteiger partial charge in [0.15, 0.2) is 11.6 Å². The molecule has 1 aromatic heterocycles. The molecule has 0 spiro atoms. The molecule has 6 nitrogen and oxygen atoms in total. The van der Waals surface area contributed by atoms with Gasteiger partial charge in [0.2, 0.25) is 0 Å². The number of ketones is 1. The van der Waals surface area contributed by atoms with Crippen molar-refractivity contribution in [3.8, 4) is 0 Å². The zero-order valence-electron chi connectivity index (χ0n) is 13.0. The van der Waals surface area contributed by atoms with Crippen molar-refractivity contribution in [1.82, 2.24) is 14.9 Å². The van der Waals surface area contributed by atoms with Crippen LogP contribution < -0.4 is 5.32 Å². The molecular weight excluding hydrogens is 306 g/mol. The molecule has 0 unspecified atom stereocenters. The summed E-state index contributed by atoms with van der Waals surface area (Å²) in [6, 6.07) is 15.6. The number of Topliss-reactive ketones (excluding diaryl/α,β-unsaturated/α-hetero) is 1. The van der Waals surface area contributed by atoms with E-state index in [-0.39, 0.29) is 24.1 Å². The molecule has 1 N–H and O–H groups in total. The Morgan fingerprint density at radius 2 is 1.67 bits per heavy atom. The van der Waals surface area contributed by atoms with Crippen LogP contribution in [0.2, 0.25) is 0 Å². The lowest BCUT2D eigenvalue weighted by molar-refractivity contribution is 0.0853. The lowest BCUT2D eigenvalue weighted by atomic mass is 10.2. The number of nitrogens with one attached hydrogen (secondary N) is 1.